The highest BCUT2D eigenvalue weighted by molar-refractivity contribution is 6.42. The lowest BCUT2D eigenvalue weighted by Crippen LogP contribution is -2.21. The van der Waals surface area contributed by atoms with E-state index >= 15 is 0 Å². The lowest BCUT2D eigenvalue weighted by atomic mass is 10.2. The molecule has 19 heavy (non-hydrogen) atoms. The summed E-state index contributed by atoms with van der Waals surface area (Å²) in [6.45, 7) is 5.69. The first-order valence-corrected chi connectivity index (χ1v) is 6.99. The molecule has 1 aromatic heterocycles. The molecule has 0 fully saturated rings. The van der Waals surface area contributed by atoms with Crippen molar-refractivity contribution in [1.29, 1.82) is 0 Å². The summed E-state index contributed by atoms with van der Waals surface area (Å²) in [5.41, 5.74) is 2.13. The van der Waals surface area contributed by atoms with Gasteiger partial charge in [-0.15, -0.1) is 0 Å². The fraction of sp³-hybridized carbons (Fsp3) is 0.357. The molecule has 2 rings (SSSR count). The zero-order chi connectivity index (χ0) is 13.8. The van der Waals surface area contributed by atoms with Crippen molar-refractivity contribution in [3.8, 4) is 0 Å². The van der Waals surface area contributed by atoms with Gasteiger partial charge in [0, 0.05) is 24.3 Å². The van der Waals surface area contributed by atoms with Gasteiger partial charge < -0.3 is 5.32 Å². The van der Waals surface area contributed by atoms with E-state index < -0.39 is 0 Å². The van der Waals surface area contributed by atoms with Crippen LogP contribution in [0.3, 0.4) is 0 Å². The minimum absolute atomic E-state index is 0.464. The number of hydrogen-bond acceptors (Lipinski definition) is 2. The fourth-order valence-electron chi connectivity index (χ4n) is 1.75. The second-order valence-electron chi connectivity index (χ2n) is 4.79. The maximum Gasteiger partial charge on any atom is 0.0674 e. The number of benzene rings is 1. The molecular weight excluding hydrogens is 281 g/mol. The molecule has 0 atom stereocenters. The van der Waals surface area contributed by atoms with E-state index in [9.17, 15) is 0 Å². The Kier molecular flexibility index (Phi) is 4.86. The smallest absolute Gasteiger partial charge is 0.0674 e. The van der Waals surface area contributed by atoms with Gasteiger partial charge >= 0.3 is 0 Å². The summed E-state index contributed by atoms with van der Waals surface area (Å²) in [5.74, 6) is 0. The number of nitrogens with one attached hydrogen (secondary N) is 1. The average molecular weight is 298 g/mol. The van der Waals surface area contributed by atoms with Gasteiger partial charge in [0.15, 0.2) is 0 Å². The summed E-state index contributed by atoms with van der Waals surface area (Å²) in [6, 6.07) is 6.11. The maximum atomic E-state index is 6.17. The van der Waals surface area contributed by atoms with Crippen molar-refractivity contribution in [2.45, 2.75) is 33.0 Å². The normalized spacial score (nSPS) is 11.2. The summed E-state index contributed by atoms with van der Waals surface area (Å²) in [5, 5.41) is 8.87. The van der Waals surface area contributed by atoms with Crippen molar-refractivity contribution in [2.24, 2.45) is 0 Å². The molecule has 0 unspecified atom stereocenters. The molecule has 102 valence electrons. The van der Waals surface area contributed by atoms with Gasteiger partial charge in [-0.1, -0.05) is 49.2 Å². The van der Waals surface area contributed by atoms with E-state index in [0.717, 1.165) is 17.7 Å². The predicted octanol–water partition coefficient (Wildman–Crippen LogP) is 3.74. The van der Waals surface area contributed by atoms with Crippen LogP contribution < -0.4 is 5.32 Å². The van der Waals surface area contributed by atoms with Gasteiger partial charge in [0.05, 0.1) is 22.8 Å². The molecule has 3 nitrogen and oxygen atoms in total. The van der Waals surface area contributed by atoms with Crippen molar-refractivity contribution in [3.05, 3.63) is 51.8 Å². The van der Waals surface area contributed by atoms with Crippen molar-refractivity contribution < 1.29 is 0 Å². The molecule has 5 heteroatoms. The van der Waals surface area contributed by atoms with E-state index in [1.807, 2.05) is 29.2 Å². The monoisotopic (exact) mass is 297 g/mol. The number of rotatable bonds is 5. The van der Waals surface area contributed by atoms with Crippen LogP contribution in [0.15, 0.2) is 30.6 Å². The number of halogens is 2. The van der Waals surface area contributed by atoms with Crippen LogP contribution in [0.25, 0.3) is 0 Å². The van der Waals surface area contributed by atoms with Crippen LogP contribution in [0.2, 0.25) is 10.0 Å². The van der Waals surface area contributed by atoms with Crippen LogP contribution in [0.5, 0.6) is 0 Å². The SMILES string of the molecule is CC(C)NCc1cnn(Cc2cccc(Cl)c2Cl)c1. The van der Waals surface area contributed by atoms with E-state index in [-0.39, 0.29) is 0 Å². The Balaban J connectivity index is 2.05. The second kappa shape index (κ2) is 6.42. The molecule has 1 aromatic carbocycles. The first kappa shape index (κ1) is 14.4. The van der Waals surface area contributed by atoms with Crippen LogP contribution in [0.1, 0.15) is 25.0 Å². The van der Waals surface area contributed by atoms with Gasteiger partial charge in [0.25, 0.3) is 0 Å². The Morgan fingerprint density at radius 1 is 1.32 bits per heavy atom. The van der Waals surface area contributed by atoms with Gasteiger partial charge in [-0.3, -0.25) is 4.68 Å². The van der Waals surface area contributed by atoms with Crippen LogP contribution >= 0.6 is 23.2 Å². The zero-order valence-corrected chi connectivity index (χ0v) is 12.5. The molecule has 0 aliphatic carbocycles. The molecule has 1 N–H and O–H groups in total. The average Bonchev–Trinajstić information content (AvgIpc) is 2.80. The van der Waals surface area contributed by atoms with E-state index in [2.05, 4.69) is 24.3 Å². The van der Waals surface area contributed by atoms with Crippen molar-refractivity contribution in [1.82, 2.24) is 15.1 Å². The predicted molar refractivity (Wildman–Crippen MR) is 79.8 cm³/mol. The molecule has 0 aliphatic heterocycles. The maximum absolute atomic E-state index is 6.17. The Bertz CT molecular complexity index is 549. The Morgan fingerprint density at radius 2 is 2.11 bits per heavy atom. The van der Waals surface area contributed by atoms with Crippen LogP contribution in [0, 0.1) is 0 Å². The molecule has 0 amide bonds. The lowest BCUT2D eigenvalue weighted by molar-refractivity contribution is 0.588. The summed E-state index contributed by atoms with van der Waals surface area (Å²) < 4.78 is 1.87. The van der Waals surface area contributed by atoms with Crippen LogP contribution in [-0.4, -0.2) is 15.8 Å². The zero-order valence-electron chi connectivity index (χ0n) is 11.0. The number of hydrogen-bond donors (Lipinski definition) is 1. The third-order valence-corrected chi connectivity index (χ3v) is 3.62. The molecule has 0 aliphatic rings. The minimum atomic E-state index is 0.464. The molecule has 2 aromatic rings. The summed E-state index contributed by atoms with van der Waals surface area (Å²) in [7, 11) is 0. The van der Waals surface area contributed by atoms with Gasteiger partial charge in [-0.25, -0.2) is 0 Å². The van der Waals surface area contributed by atoms with Crippen molar-refractivity contribution >= 4 is 23.2 Å². The van der Waals surface area contributed by atoms with Crippen LogP contribution in [-0.2, 0) is 13.1 Å². The largest absolute Gasteiger partial charge is 0.310 e. The third kappa shape index (κ3) is 3.96. The third-order valence-electron chi connectivity index (χ3n) is 2.77. The van der Waals surface area contributed by atoms with Gasteiger partial charge in [-0.2, -0.15) is 5.10 Å². The highest BCUT2D eigenvalue weighted by Crippen LogP contribution is 2.25. The molecular formula is C14H17Cl2N3. The number of aromatic nitrogens is 2. The van der Waals surface area contributed by atoms with E-state index in [4.69, 9.17) is 23.2 Å². The van der Waals surface area contributed by atoms with Crippen molar-refractivity contribution in [3.63, 3.8) is 0 Å². The topological polar surface area (TPSA) is 29.9 Å². The molecule has 0 spiro atoms. The summed E-state index contributed by atoms with van der Waals surface area (Å²) in [4.78, 5) is 0. The first-order chi connectivity index (χ1) is 9.06. The lowest BCUT2D eigenvalue weighted by Gasteiger charge is -2.06. The quantitative estimate of drug-likeness (QED) is 0.911. The molecule has 0 saturated heterocycles. The first-order valence-electron chi connectivity index (χ1n) is 6.24. The standard InChI is InChI=1S/C14H17Cl2N3/c1-10(2)17-6-11-7-18-19(8-11)9-12-4-3-5-13(15)14(12)16/h3-5,7-8,10,17H,6,9H2,1-2H3. The van der Waals surface area contributed by atoms with Crippen molar-refractivity contribution in [2.75, 3.05) is 0 Å². The Labute approximate surface area is 123 Å². The highest BCUT2D eigenvalue weighted by Gasteiger charge is 2.06. The molecule has 0 bridgehead atoms. The van der Waals surface area contributed by atoms with Gasteiger partial charge in [0.2, 0.25) is 0 Å². The van der Waals surface area contributed by atoms with E-state index in [1.165, 1.54) is 0 Å². The minimum Gasteiger partial charge on any atom is -0.310 e. The van der Waals surface area contributed by atoms with Crippen LogP contribution in [0.4, 0.5) is 0 Å². The van der Waals surface area contributed by atoms with E-state index in [0.29, 0.717) is 22.6 Å². The molecule has 0 radical (unpaired) electrons. The Hall–Kier alpha value is -1.03. The summed E-state index contributed by atoms with van der Waals surface area (Å²) >= 11 is 12.2. The second-order valence-corrected chi connectivity index (χ2v) is 5.58. The highest BCUT2D eigenvalue weighted by atomic mass is 35.5. The van der Waals surface area contributed by atoms with Gasteiger partial charge in [-0.05, 0) is 11.6 Å². The van der Waals surface area contributed by atoms with E-state index in [1.54, 1.807) is 6.07 Å². The number of nitrogens with zero attached hydrogens (tertiary/aromatic N) is 2. The van der Waals surface area contributed by atoms with Gasteiger partial charge in [0.1, 0.15) is 0 Å². The molecule has 0 saturated carbocycles. The fourth-order valence-corrected chi connectivity index (χ4v) is 2.13. The molecule has 1 heterocycles. The summed E-state index contributed by atoms with van der Waals surface area (Å²) in [6.07, 6.45) is 3.89. The Morgan fingerprint density at radius 3 is 2.84 bits per heavy atom.